The number of nitrogens with zero attached hydrogens (tertiary/aromatic N) is 1. The van der Waals surface area contributed by atoms with E-state index in [9.17, 15) is 19.2 Å². The third-order valence-electron chi connectivity index (χ3n) is 3.69. The molecule has 1 fully saturated rings. The van der Waals surface area contributed by atoms with Crippen molar-refractivity contribution in [2.45, 2.75) is 71.1 Å². The molecule has 0 spiro atoms. The number of ether oxygens (including phenoxy) is 3. The van der Waals surface area contributed by atoms with Gasteiger partial charge in [-0.05, 0) is 40.5 Å². The Kier molecular flexibility index (Phi) is 7.38. The third-order valence-corrected chi connectivity index (χ3v) is 3.69. The number of esters is 2. The Morgan fingerprint density at radius 3 is 2.28 bits per heavy atom. The van der Waals surface area contributed by atoms with Crippen molar-refractivity contribution in [2.24, 2.45) is 0 Å². The second kappa shape index (κ2) is 8.82. The third kappa shape index (κ3) is 6.36. The molecule has 1 amide bonds. The maximum absolute atomic E-state index is 12.5. The number of ketones is 1. The Morgan fingerprint density at radius 2 is 1.76 bits per heavy atom. The first-order valence-corrected chi connectivity index (χ1v) is 8.35. The number of hydrogen-bond donors (Lipinski definition) is 0. The number of hydrogen-bond acceptors (Lipinski definition) is 7. The number of methoxy groups -OCH3 is 1. The Labute approximate surface area is 147 Å². The predicted octanol–water partition coefficient (Wildman–Crippen LogP) is 1.84. The van der Waals surface area contributed by atoms with E-state index in [2.05, 4.69) is 0 Å². The lowest BCUT2D eigenvalue weighted by molar-refractivity contribution is -0.148. The zero-order chi connectivity index (χ0) is 19.2. The van der Waals surface area contributed by atoms with Gasteiger partial charge in [-0.2, -0.15) is 0 Å². The van der Waals surface area contributed by atoms with E-state index in [0.717, 1.165) is 0 Å². The molecule has 1 aliphatic rings. The summed E-state index contributed by atoms with van der Waals surface area (Å²) >= 11 is 0. The van der Waals surface area contributed by atoms with E-state index < -0.39 is 35.7 Å². The lowest BCUT2D eigenvalue weighted by atomic mass is 10.1. The summed E-state index contributed by atoms with van der Waals surface area (Å²) in [5, 5.41) is 0. The fourth-order valence-electron chi connectivity index (χ4n) is 2.75. The van der Waals surface area contributed by atoms with E-state index in [4.69, 9.17) is 14.2 Å². The van der Waals surface area contributed by atoms with Gasteiger partial charge in [0.25, 0.3) is 0 Å². The minimum Gasteiger partial charge on any atom is -0.467 e. The number of amides is 1. The van der Waals surface area contributed by atoms with Gasteiger partial charge in [-0.25, -0.2) is 9.59 Å². The van der Waals surface area contributed by atoms with E-state index in [0.29, 0.717) is 12.8 Å². The van der Waals surface area contributed by atoms with E-state index in [1.165, 1.54) is 12.0 Å². The molecule has 0 aromatic carbocycles. The van der Waals surface area contributed by atoms with Gasteiger partial charge in [0.15, 0.2) is 0 Å². The summed E-state index contributed by atoms with van der Waals surface area (Å²) in [5.41, 5.74) is -0.736. The maximum atomic E-state index is 12.5. The normalized spacial score (nSPS) is 20.1. The van der Waals surface area contributed by atoms with Crippen LogP contribution < -0.4 is 0 Å². The van der Waals surface area contributed by atoms with Gasteiger partial charge in [0.2, 0.25) is 0 Å². The average Bonchev–Trinajstić information content (AvgIpc) is 2.88. The first-order chi connectivity index (χ1) is 11.6. The summed E-state index contributed by atoms with van der Waals surface area (Å²) in [6.07, 6.45) is -0.230. The largest absolute Gasteiger partial charge is 0.467 e. The van der Waals surface area contributed by atoms with E-state index in [1.807, 2.05) is 0 Å². The van der Waals surface area contributed by atoms with Gasteiger partial charge in [0.1, 0.15) is 23.8 Å². The van der Waals surface area contributed by atoms with Gasteiger partial charge < -0.3 is 14.2 Å². The van der Waals surface area contributed by atoms with Crippen molar-refractivity contribution in [1.82, 2.24) is 4.90 Å². The van der Waals surface area contributed by atoms with Gasteiger partial charge in [-0.1, -0.05) is 0 Å². The van der Waals surface area contributed by atoms with Crippen molar-refractivity contribution < 1.29 is 33.4 Å². The van der Waals surface area contributed by atoms with Crippen molar-refractivity contribution in [2.75, 3.05) is 13.7 Å². The van der Waals surface area contributed by atoms with Crippen LogP contribution in [-0.4, -0.2) is 60.1 Å². The van der Waals surface area contributed by atoms with Crippen LogP contribution in [0.25, 0.3) is 0 Å². The first kappa shape index (κ1) is 20.9. The van der Waals surface area contributed by atoms with Crippen LogP contribution in [-0.2, 0) is 28.6 Å². The number of Topliss-reactive ketones (excluding diaryl/α,β-unsaturated/α-hetero) is 1. The highest BCUT2D eigenvalue weighted by molar-refractivity contribution is 5.96. The van der Waals surface area contributed by atoms with Crippen molar-refractivity contribution in [3.63, 3.8) is 0 Å². The van der Waals surface area contributed by atoms with Crippen LogP contribution in [0, 0.1) is 0 Å². The zero-order valence-corrected chi connectivity index (χ0v) is 15.5. The summed E-state index contributed by atoms with van der Waals surface area (Å²) in [7, 11) is 1.24. The van der Waals surface area contributed by atoms with Crippen LogP contribution >= 0.6 is 0 Å². The molecule has 8 heteroatoms. The molecule has 1 saturated heterocycles. The molecule has 0 aromatic heterocycles. The van der Waals surface area contributed by atoms with Crippen molar-refractivity contribution >= 4 is 23.8 Å². The quantitative estimate of drug-likeness (QED) is 0.406. The highest BCUT2D eigenvalue weighted by Crippen LogP contribution is 2.29. The van der Waals surface area contributed by atoms with Crippen LogP contribution in [0.15, 0.2) is 0 Å². The molecular formula is C17H27NO7. The fraction of sp³-hybridized carbons (Fsp3) is 0.765. The van der Waals surface area contributed by atoms with Crippen molar-refractivity contribution in [3.05, 3.63) is 0 Å². The second-order valence-electron chi connectivity index (χ2n) is 6.88. The lowest BCUT2D eigenvalue weighted by Gasteiger charge is -2.31. The van der Waals surface area contributed by atoms with Crippen LogP contribution in [0.4, 0.5) is 4.79 Å². The monoisotopic (exact) mass is 357 g/mol. The molecule has 25 heavy (non-hydrogen) atoms. The van der Waals surface area contributed by atoms with E-state index >= 15 is 0 Å². The van der Waals surface area contributed by atoms with Crippen LogP contribution in [0.3, 0.4) is 0 Å². The van der Waals surface area contributed by atoms with Gasteiger partial charge in [-0.3, -0.25) is 14.5 Å². The van der Waals surface area contributed by atoms with E-state index in [-0.39, 0.29) is 25.2 Å². The zero-order valence-electron chi connectivity index (χ0n) is 15.5. The van der Waals surface area contributed by atoms with Crippen LogP contribution in [0.2, 0.25) is 0 Å². The van der Waals surface area contributed by atoms with Crippen molar-refractivity contribution in [1.29, 1.82) is 0 Å². The predicted molar refractivity (Wildman–Crippen MR) is 87.8 cm³/mol. The Bertz CT molecular complexity index is 524. The summed E-state index contributed by atoms with van der Waals surface area (Å²) in [4.78, 5) is 49.2. The lowest BCUT2D eigenvalue weighted by Crippen LogP contribution is -2.48. The first-order valence-electron chi connectivity index (χ1n) is 8.35. The topological polar surface area (TPSA) is 99.2 Å². The molecule has 1 rings (SSSR count). The highest BCUT2D eigenvalue weighted by atomic mass is 16.6. The fourth-order valence-corrected chi connectivity index (χ4v) is 2.75. The molecule has 0 N–H and O–H groups in total. The van der Waals surface area contributed by atoms with Gasteiger partial charge in [-0.15, -0.1) is 0 Å². The molecule has 142 valence electrons. The molecule has 1 heterocycles. The number of carbonyl (C=O) groups excluding carboxylic acids is 4. The smallest absolute Gasteiger partial charge is 0.411 e. The van der Waals surface area contributed by atoms with Crippen LogP contribution in [0.5, 0.6) is 0 Å². The standard InChI is InChI=1S/C17H27NO7/c1-6-24-14(20)10-12(19)9-11-7-8-13(15(21)23-5)18(11)16(22)25-17(2,3)4/h11,13H,6-10H2,1-5H3/t11?,13-/m0/s1. The molecular weight excluding hydrogens is 330 g/mol. The van der Waals surface area contributed by atoms with Gasteiger partial charge >= 0.3 is 18.0 Å². The minimum atomic E-state index is -0.791. The van der Waals surface area contributed by atoms with E-state index in [1.54, 1.807) is 27.7 Å². The Hall–Kier alpha value is -2.12. The van der Waals surface area contributed by atoms with Gasteiger partial charge in [0, 0.05) is 12.5 Å². The molecule has 1 unspecified atom stereocenters. The Morgan fingerprint density at radius 1 is 1.12 bits per heavy atom. The molecule has 0 aromatic rings. The maximum Gasteiger partial charge on any atom is 0.411 e. The Balaban J connectivity index is 2.85. The summed E-state index contributed by atoms with van der Waals surface area (Å²) in [5.74, 6) is -1.49. The average molecular weight is 357 g/mol. The number of carbonyl (C=O) groups is 4. The molecule has 8 nitrogen and oxygen atoms in total. The highest BCUT2D eigenvalue weighted by Gasteiger charge is 2.44. The van der Waals surface area contributed by atoms with Gasteiger partial charge in [0.05, 0.1) is 13.7 Å². The number of likely N-dealkylation sites (tertiary alicyclic amines) is 1. The molecule has 0 saturated carbocycles. The molecule has 0 aliphatic carbocycles. The summed E-state index contributed by atoms with van der Waals surface area (Å²) < 4.78 is 14.9. The number of rotatable bonds is 6. The SMILES string of the molecule is CCOC(=O)CC(=O)CC1CC[C@@H](C(=O)OC)N1C(=O)OC(C)(C)C. The molecule has 2 atom stereocenters. The summed E-state index contributed by atoms with van der Waals surface area (Å²) in [6, 6.07) is -1.30. The van der Waals surface area contributed by atoms with Crippen molar-refractivity contribution in [3.8, 4) is 0 Å². The molecule has 0 bridgehead atoms. The molecule has 1 aliphatic heterocycles. The second-order valence-corrected chi connectivity index (χ2v) is 6.88. The minimum absolute atomic E-state index is 0.0362. The molecule has 0 radical (unpaired) electrons. The van der Waals surface area contributed by atoms with Crippen LogP contribution in [0.1, 0.15) is 53.4 Å². The summed E-state index contributed by atoms with van der Waals surface area (Å²) in [6.45, 7) is 7.01.